The van der Waals surface area contributed by atoms with Crippen molar-refractivity contribution in [1.29, 1.82) is 0 Å². The number of nitro groups is 1. The number of hydrogen-bond donors (Lipinski definition) is 1. The quantitative estimate of drug-likeness (QED) is 0.620. The van der Waals surface area contributed by atoms with Crippen molar-refractivity contribution in [1.82, 2.24) is 9.88 Å². The van der Waals surface area contributed by atoms with Gasteiger partial charge >= 0.3 is 0 Å². The van der Waals surface area contributed by atoms with Gasteiger partial charge in [-0.1, -0.05) is 11.6 Å². The summed E-state index contributed by atoms with van der Waals surface area (Å²) >= 11 is 5.77. The van der Waals surface area contributed by atoms with Crippen molar-refractivity contribution in [3.63, 3.8) is 0 Å². The van der Waals surface area contributed by atoms with E-state index in [0.717, 1.165) is 5.82 Å². The van der Waals surface area contributed by atoms with E-state index in [1.807, 2.05) is 4.90 Å². The molecule has 0 unspecified atom stereocenters. The highest BCUT2D eigenvalue weighted by Gasteiger charge is 2.20. The molecule has 3 rings (SSSR count). The lowest BCUT2D eigenvalue weighted by molar-refractivity contribution is -0.384. The van der Waals surface area contributed by atoms with Crippen molar-refractivity contribution >= 4 is 40.6 Å². The molecule has 10 heteroatoms. The van der Waals surface area contributed by atoms with Crippen molar-refractivity contribution < 1.29 is 14.5 Å². The van der Waals surface area contributed by atoms with Crippen LogP contribution in [0.3, 0.4) is 0 Å². The fraction of sp³-hybridized carbons (Fsp3) is 0.278. The first-order valence-corrected chi connectivity index (χ1v) is 8.95. The lowest BCUT2D eigenvalue weighted by atomic mass is 10.2. The highest BCUT2D eigenvalue weighted by atomic mass is 35.5. The van der Waals surface area contributed by atoms with Crippen LogP contribution in [-0.2, 0) is 4.79 Å². The van der Waals surface area contributed by atoms with Crippen LogP contribution >= 0.6 is 11.6 Å². The largest absolute Gasteiger partial charge is 0.353 e. The maximum atomic E-state index is 12.4. The van der Waals surface area contributed by atoms with Gasteiger partial charge in [0.1, 0.15) is 10.8 Å². The average molecular weight is 404 g/mol. The Hall–Kier alpha value is -3.20. The van der Waals surface area contributed by atoms with Gasteiger partial charge in [-0.05, 0) is 24.3 Å². The number of hydrogen-bond acceptors (Lipinski definition) is 6. The smallest absolute Gasteiger partial charge is 0.289 e. The number of piperazine rings is 1. The van der Waals surface area contributed by atoms with E-state index in [2.05, 4.69) is 10.3 Å². The van der Waals surface area contributed by atoms with Gasteiger partial charge < -0.3 is 15.1 Å². The topological polar surface area (TPSA) is 109 Å². The van der Waals surface area contributed by atoms with Crippen LogP contribution in [0.25, 0.3) is 0 Å². The van der Waals surface area contributed by atoms with Gasteiger partial charge in [-0.25, -0.2) is 4.98 Å². The Morgan fingerprint density at radius 2 is 1.89 bits per heavy atom. The van der Waals surface area contributed by atoms with E-state index < -0.39 is 10.8 Å². The molecular weight excluding hydrogens is 386 g/mol. The number of amides is 2. The van der Waals surface area contributed by atoms with Gasteiger partial charge in [0, 0.05) is 51.1 Å². The highest BCUT2D eigenvalue weighted by Crippen LogP contribution is 2.27. The third-order valence-corrected chi connectivity index (χ3v) is 4.78. The minimum Gasteiger partial charge on any atom is -0.353 e. The molecule has 1 aromatic carbocycles. The molecule has 0 bridgehead atoms. The number of aromatic nitrogens is 1. The van der Waals surface area contributed by atoms with E-state index in [1.54, 1.807) is 24.0 Å². The third kappa shape index (κ3) is 4.37. The molecule has 146 valence electrons. The van der Waals surface area contributed by atoms with E-state index in [-0.39, 0.29) is 22.3 Å². The molecule has 9 nitrogen and oxygen atoms in total. The van der Waals surface area contributed by atoms with Gasteiger partial charge in [0.05, 0.1) is 10.5 Å². The molecule has 1 aromatic heterocycles. The number of carbonyl (C=O) groups excluding carboxylic acids is 2. The van der Waals surface area contributed by atoms with Crippen LogP contribution in [0.1, 0.15) is 17.3 Å². The molecule has 28 heavy (non-hydrogen) atoms. The standard InChI is InChI=1S/C18H18ClN5O4/c1-12(25)22-6-8-23(9-7-22)17-5-2-13(11-20-17)18(26)21-14-3-4-15(19)16(10-14)24(27)28/h2-5,10-11H,6-9H2,1H3,(H,21,26). The van der Waals surface area contributed by atoms with Crippen molar-refractivity contribution in [2.24, 2.45) is 0 Å². The maximum absolute atomic E-state index is 12.4. The molecule has 2 amide bonds. The predicted octanol–water partition coefficient (Wildman–Crippen LogP) is 2.56. The molecule has 1 N–H and O–H groups in total. The van der Waals surface area contributed by atoms with Crippen molar-refractivity contribution in [3.05, 3.63) is 57.2 Å². The Morgan fingerprint density at radius 1 is 1.18 bits per heavy atom. The summed E-state index contributed by atoms with van der Waals surface area (Å²) in [4.78, 5) is 42.3. The molecule has 0 spiro atoms. The van der Waals surface area contributed by atoms with Crippen LogP contribution in [0.4, 0.5) is 17.2 Å². The zero-order valence-electron chi connectivity index (χ0n) is 15.1. The van der Waals surface area contributed by atoms with Gasteiger partial charge in [-0.15, -0.1) is 0 Å². The van der Waals surface area contributed by atoms with Crippen LogP contribution in [0.5, 0.6) is 0 Å². The number of pyridine rings is 1. The zero-order valence-corrected chi connectivity index (χ0v) is 15.8. The first-order valence-electron chi connectivity index (χ1n) is 8.57. The normalized spacial score (nSPS) is 13.9. The van der Waals surface area contributed by atoms with Crippen LogP contribution in [0, 0.1) is 10.1 Å². The molecule has 0 aliphatic carbocycles. The number of nitrogens with zero attached hydrogens (tertiary/aromatic N) is 4. The monoisotopic (exact) mass is 403 g/mol. The number of nitrogens with one attached hydrogen (secondary N) is 1. The first-order chi connectivity index (χ1) is 13.3. The summed E-state index contributed by atoms with van der Waals surface area (Å²) in [7, 11) is 0. The Bertz CT molecular complexity index is 911. The molecule has 0 atom stereocenters. The Kier molecular flexibility index (Phi) is 5.74. The summed E-state index contributed by atoms with van der Waals surface area (Å²) in [6.07, 6.45) is 1.45. The Labute approximate surface area is 166 Å². The van der Waals surface area contributed by atoms with Crippen LogP contribution < -0.4 is 10.2 Å². The summed E-state index contributed by atoms with van der Waals surface area (Å²) in [5.41, 5.74) is 0.312. The van der Waals surface area contributed by atoms with Gasteiger partial charge in [0.2, 0.25) is 5.91 Å². The van der Waals surface area contributed by atoms with E-state index in [4.69, 9.17) is 11.6 Å². The average Bonchev–Trinajstić information content (AvgIpc) is 2.69. The fourth-order valence-corrected chi connectivity index (χ4v) is 3.08. The van der Waals surface area contributed by atoms with E-state index in [9.17, 15) is 19.7 Å². The van der Waals surface area contributed by atoms with Crippen molar-refractivity contribution in [2.75, 3.05) is 36.4 Å². The number of carbonyl (C=O) groups is 2. The van der Waals surface area contributed by atoms with Gasteiger partial charge in [-0.2, -0.15) is 0 Å². The predicted molar refractivity (Wildman–Crippen MR) is 105 cm³/mol. The summed E-state index contributed by atoms with van der Waals surface area (Å²) in [6.45, 7) is 4.17. The number of rotatable bonds is 4. The fourth-order valence-electron chi connectivity index (χ4n) is 2.89. The minimum atomic E-state index is -0.611. The third-order valence-electron chi connectivity index (χ3n) is 4.46. The summed E-state index contributed by atoms with van der Waals surface area (Å²) < 4.78 is 0. The molecule has 1 aliphatic rings. The summed E-state index contributed by atoms with van der Waals surface area (Å²) in [5, 5.41) is 13.5. The maximum Gasteiger partial charge on any atom is 0.289 e. The Balaban J connectivity index is 1.65. The van der Waals surface area contributed by atoms with Gasteiger partial charge in [0.25, 0.3) is 11.6 Å². The van der Waals surface area contributed by atoms with Crippen LogP contribution in [0.15, 0.2) is 36.5 Å². The molecule has 0 radical (unpaired) electrons. The van der Waals surface area contributed by atoms with Crippen molar-refractivity contribution in [3.8, 4) is 0 Å². The number of anilines is 2. The molecular formula is C18H18ClN5O4. The second-order valence-corrected chi connectivity index (χ2v) is 6.68. The number of nitro benzene ring substituents is 1. The number of benzene rings is 1. The SMILES string of the molecule is CC(=O)N1CCN(c2ccc(C(=O)Nc3ccc(Cl)c([N+](=O)[O-])c3)cn2)CC1. The van der Waals surface area contributed by atoms with Crippen molar-refractivity contribution in [2.45, 2.75) is 6.92 Å². The molecule has 1 fully saturated rings. The minimum absolute atomic E-state index is 0.00103. The lowest BCUT2D eigenvalue weighted by Gasteiger charge is -2.34. The second kappa shape index (κ2) is 8.22. The first kappa shape index (κ1) is 19.6. The molecule has 0 saturated carbocycles. The summed E-state index contributed by atoms with van der Waals surface area (Å²) in [6, 6.07) is 7.43. The van der Waals surface area contributed by atoms with E-state index >= 15 is 0 Å². The highest BCUT2D eigenvalue weighted by molar-refractivity contribution is 6.32. The molecule has 2 aromatic rings. The van der Waals surface area contributed by atoms with E-state index in [1.165, 1.54) is 24.4 Å². The Morgan fingerprint density at radius 3 is 2.46 bits per heavy atom. The molecule has 2 heterocycles. The zero-order chi connectivity index (χ0) is 20.3. The second-order valence-electron chi connectivity index (χ2n) is 6.28. The van der Waals surface area contributed by atoms with Gasteiger partial charge in [0.15, 0.2) is 0 Å². The number of halogens is 1. The molecule has 1 aliphatic heterocycles. The van der Waals surface area contributed by atoms with Crippen LogP contribution in [0.2, 0.25) is 5.02 Å². The van der Waals surface area contributed by atoms with Gasteiger partial charge in [-0.3, -0.25) is 19.7 Å². The van der Waals surface area contributed by atoms with E-state index in [0.29, 0.717) is 31.7 Å². The lowest BCUT2D eigenvalue weighted by Crippen LogP contribution is -2.48. The molecule has 1 saturated heterocycles. The van der Waals surface area contributed by atoms with Crippen LogP contribution in [-0.4, -0.2) is 52.8 Å². The summed E-state index contributed by atoms with van der Waals surface area (Å²) in [5.74, 6) is 0.348.